The van der Waals surface area contributed by atoms with Crippen LogP contribution in [0.1, 0.15) is 27.9 Å². The molecule has 0 radical (unpaired) electrons. The predicted molar refractivity (Wildman–Crippen MR) is 82.3 cm³/mol. The van der Waals surface area contributed by atoms with Crippen molar-refractivity contribution in [1.82, 2.24) is 0 Å². The van der Waals surface area contributed by atoms with Crippen molar-refractivity contribution in [2.75, 3.05) is 11.1 Å². The number of aryl methyl sites for hydroxylation is 2. The Morgan fingerprint density at radius 1 is 1.15 bits per heavy atom. The fraction of sp³-hybridized carbons (Fsp3) is 0.188. The molecule has 0 heterocycles. The van der Waals surface area contributed by atoms with Crippen molar-refractivity contribution < 1.29 is 4.79 Å². The monoisotopic (exact) mass is 286 g/mol. The van der Waals surface area contributed by atoms with Gasteiger partial charge in [-0.05, 0) is 54.7 Å². The first-order valence-corrected chi connectivity index (χ1v) is 7.00. The Balaban J connectivity index is 1.84. The molecule has 0 unspecified atom stereocenters. The number of nitrogens with two attached hydrogens (primary N) is 1. The molecule has 0 aliphatic heterocycles. The quantitative estimate of drug-likeness (QED) is 0.828. The van der Waals surface area contributed by atoms with Crippen molar-refractivity contribution in [2.45, 2.75) is 19.3 Å². The van der Waals surface area contributed by atoms with Crippen LogP contribution in [0, 0.1) is 0 Å². The maximum atomic E-state index is 12.2. The van der Waals surface area contributed by atoms with Gasteiger partial charge in [-0.2, -0.15) is 0 Å². The SMILES string of the molecule is Nc1cccc(C(=O)Nc2ccc3c(c2)CCC3)c1Cl. The zero-order valence-electron chi connectivity index (χ0n) is 10.9. The number of halogens is 1. The highest BCUT2D eigenvalue weighted by molar-refractivity contribution is 6.36. The van der Waals surface area contributed by atoms with Gasteiger partial charge in [0.05, 0.1) is 16.3 Å². The number of fused-ring (bicyclic) bond motifs is 1. The predicted octanol–water partition coefficient (Wildman–Crippen LogP) is 3.66. The standard InChI is InChI=1S/C16H15ClN2O/c17-15-13(5-2-6-14(15)18)16(20)19-12-8-7-10-3-1-4-11(10)9-12/h2,5-9H,1,3-4,18H2,(H,19,20). The topological polar surface area (TPSA) is 55.1 Å². The first kappa shape index (κ1) is 13.0. The summed E-state index contributed by atoms with van der Waals surface area (Å²) in [5.41, 5.74) is 10.0. The number of amides is 1. The fourth-order valence-electron chi connectivity index (χ4n) is 2.57. The Hall–Kier alpha value is -2.00. The third kappa shape index (κ3) is 2.37. The molecule has 1 amide bonds. The second-order valence-corrected chi connectivity index (χ2v) is 5.38. The Kier molecular flexibility index (Phi) is 3.36. The number of carbonyl (C=O) groups excluding carboxylic acids is 1. The number of hydrogen-bond acceptors (Lipinski definition) is 2. The highest BCUT2D eigenvalue weighted by Gasteiger charge is 2.14. The van der Waals surface area contributed by atoms with Crippen LogP contribution in [0.3, 0.4) is 0 Å². The summed E-state index contributed by atoms with van der Waals surface area (Å²) in [4.78, 5) is 12.2. The van der Waals surface area contributed by atoms with Crippen molar-refractivity contribution in [1.29, 1.82) is 0 Å². The lowest BCUT2D eigenvalue weighted by molar-refractivity contribution is 0.102. The maximum Gasteiger partial charge on any atom is 0.257 e. The molecule has 2 aromatic carbocycles. The van der Waals surface area contributed by atoms with Gasteiger partial charge in [0.25, 0.3) is 5.91 Å². The lowest BCUT2D eigenvalue weighted by Crippen LogP contribution is -2.13. The van der Waals surface area contributed by atoms with Gasteiger partial charge in [0.2, 0.25) is 0 Å². The molecule has 0 aromatic heterocycles. The number of nitrogens with one attached hydrogen (secondary N) is 1. The summed E-state index contributed by atoms with van der Waals surface area (Å²) in [6.45, 7) is 0. The Morgan fingerprint density at radius 3 is 2.80 bits per heavy atom. The molecule has 0 spiro atoms. The van der Waals surface area contributed by atoms with Crippen molar-refractivity contribution in [2.24, 2.45) is 0 Å². The van der Waals surface area contributed by atoms with Crippen LogP contribution in [0.25, 0.3) is 0 Å². The Bertz CT molecular complexity index is 682. The second kappa shape index (κ2) is 5.17. The van der Waals surface area contributed by atoms with Crippen molar-refractivity contribution in [3.8, 4) is 0 Å². The van der Waals surface area contributed by atoms with Crippen LogP contribution in [0.5, 0.6) is 0 Å². The molecule has 1 aliphatic rings. The van der Waals surface area contributed by atoms with Gasteiger partial charge in [-0.15, -0.1) is 0 Å². The summed E-state index contributed by atoms with van der Waals surface area (Å²) < 4.78 is 0. The van der Waals surface area contributed by atoms with E-state index >= 15 is 0 Å². The molecule has 3 nitrogen and oxygen atoms in total. The van der Waals surface area contributed by atoms with Crippen LogP contribution < -0.4 is 11.1 Å². The summed E-state index contributed by atoms with van der Waals surface area (Å²) in [5.74, 6) is -0.236. The Labute approximate surface area is 122 Å². The first-order chi connectivity index (χ1) is 9.65. The van der Waals surface area contributed by atoms with Crippen LogP contribution >= 0.6 is 11.6 Å². The smallest absolute Gasteiger partial charge is 0.257 e. The molecule has 1 aliphatic carbocycles. The average molecular weight is 287 g/mol. The highest BCUT2D eigenvalue weighted by atomic mass is 35.5. The number of hydrogen-bond donors (Lipinski definition) is 2. The molecule has 4 heteroatoms. The van der Waals surface area contributed by atoms with Crippen LogP contribution in [0.2, 0.25) is 5.02 Å². The van der Waals surface area contributed by atoms with Crippen LogP contribution in [0.4, 0.5) is 11.4 Å². The van der Waals surface area contributed by atoms with Crippen molar-refractivity contribution in [3.63, 3.8) is 0 Å². The van der Waals surface area contributed by atoms with E-state index in [2.05, 4.69) is 11.4 Å². The lowest BCUT2D eigenvalue weighted by Gasteiger charge is -2.09. The van der Waals surface area contributed by atoms with Gasteiger partial charge in [-0.1, -0.05) is 23.7 Å². The van der Waals surface area contributed by atoms with E-state index in [-0.39, 0.29) is 5.91 Å². The van der Waals surface area contributed by atoms with Crippen LogP contribution in [0.15, 0.2) is 36.4 Å². The number of carbonyl (C=O) groups is 1. The number of benzene rings is 2. The second-order valence-electron chi connectivity index (χ2n) is 5.00. The number of nitrogen functional groups attached to an aromatic ring is 1. The molecule has 20 heavy (non-hydrogen) atoms. The summed E-state index contributed by atoms with van der Waals surface area (Å²) in [6, 6.07) is 11.1. The zero-order chi connectivity index (χ0) is 14.1. The molecular weight excluding hydrogens is 272 g/mol. The minimum atomic E-state index is -0.236. The van der Waals surface area contributed by atoms with Gasteiger partial charge < -0.3 is 11.1 Å². The third-order valence-electron chi connectivity index (χ3n) is 3.63. The van der Waals surface area contributed by atoms with Gasteiger partial charge in [0.1, 0.15) is 0 Å². The van der Waals surface area contributed by atoms with Crippen LogP contribution in [-0.4, -0.2) is 5.91 Å². The number of anilines is 2. The van der Waals surface area contributed by atoms with Gasteiger partial charge in [0, 0.05) is 5.69 Å². The largest absolute Gasteiger partial charge is 0.398 e. The minimum Gasteiger partial charge on any atom is -0.398 e. The van der Waals surface area contributed by atoms with E-state index in [9.17, 15) is 4.79 Å². The molecule has 0 saturated heterocycles. The minimum absolute atomic E-state index is 0.236. The molecule has 2 aromatic rings. The summed E-state index contributed by atoms with van der Waals surface area (Å²) >= 11 is 6.06. The number of rotatable bonds is 2. The summed E-state index contributed by atoms with van der Waals surface area (Å²) in [7, 11) is 0. The van der Waals surface area contributed by atoms with E-state index in [1.54, 1.807) is 18.2 Å². The molecule has 102 valence electrons. The average Bonchev–Trinajstić information content (AvgIpc) is 2.89. The van der Waals surface area contributed by atoms with E-state index in [0.717, 1.165) is 18.5 Å². The molecule has 3 rings (SSSR count). The zero-order valence-corrected chi connectivity index (χ0v) is 11.7. The third-order valence-corrected chi connectivity index (χ3v) is 4.05. The molecule has 0 fully saturated rings. The maximum absolute atomic E-state index is 12.2. The lowest BCUT2D eigenvalue weighted by atomic mass is 10.1. The van der Waals surface area contributed by atoms with E-state index in [4.69, 9.17) is 17.3 Å². The normalized spacial score (nSPS) is 13.1. The van der Waals surface area contributed by atoms with E-state index in [1.807, 2.05) is 12.1 Å². The van der Waals surface area contributed by atoms with Gasteiger partial charge in [0.15, 0.2) is 0 Å². The van der Waals surface area contributed by atoms with E-state index in [0.29, 0.717) is 16.3 Å². The van der Waals surface area contributed by atoms with Gasteiger partial charge in [-0.25, -0.2) is 0 Å². The summed E-state index contributed by atoms with van der Waals surface area (Å²) in [6.07, 6.45) is 3.40. The summed E-state index contributed by atoms with van der Waals surface area (Å²) in [5, 5.41) is 3.17. The van der Waals surface area contributed by atoms with E-state index in [1.165, 1.54) is 17.5 Å². The fourth-order valence-corrected chi connectivity index (χ4v) is 2.79. The molecular formula is C16H15ClN2O. The van der Waals surface area contributed by atoms with Gasteiger partial charge >= 0.3 is 0 Å². The first-order valence-electron chi connectivity index (χ1n) is 6.62. The Morgan fingerprint density at radius 2 is 1.95 bits per heavy atom. The van der Waals surface area contributed by atoms with Gasteiger partial charge in [-0.3, -0.25) is 4.79 Å². The van der Waals surface area contributed by atoms with Crippen LogP contribution in [-0.2, 0) is 12.8 Å². The highest BCUT2D eigenvalue weighted by Crippen LogP contribution is 2.27. The van der Waals surface area contributed by atoms with E-state index < -0.39 is 0 Å². The van der Waals surface area contributed by atoms with Crippen molar-refractivity contribution >= 4 is 28.9 Å². The molecule has 0 saturated carbocycles. The van der Waals surface area contributed by atoms with Crippen molar-refractivity contribution in [3.05, 3.63) is 58.1 Å². The molecule has 0 atom stereocenters. The molecule has 0 bridgehead atoms. The molecule has 3 N–H and O–H groups in total.